The van der Waals surface area contributed by atoms with Gasteiger partial charge in [-0.15, -0.1) is 20.2 Å². The maximum atomic E-state index is 8.36. The Morgan fingerprint density at radius 1 is 1.00 bits per heavy atom. The van der Waals surface area contributed by atoms with Crippen molar-refractivity contribution in [2.24, 2.45) is 11.5 Å². The van der Waals surface area contributed by atoms with E-state index in [4.69, 9.17) is 42.1 Å². The van der Waals surface area contributed by atoms with E-state index in [1.54, 1.807) is 0 Å². The van der Waals surface area contributed by atoms with Gasteiger partial charge in [-0.1, -0.05) is 0 Å². The third-order valence-electron chi connectivity index (χ3n) is 0.167. The molecule has 0 aromatic heterocycles. The smallest absolute Gasteiger partial charge is 0.329 e. The van der Waals surface area contributed by atoms with Gasteiger partial charge < -0.3 is 21.9 Å². The van der Waals surface area contributed by atoms with E-state index >= 15 is 0 Å². The van der Waals surface area contributed by atoms with Crippen molar-refractivity contribution >= 4 is 0 Å². The zero-order valence-electron chi connectivity index (χ0n) is 6.31. The van der Waals surface area contributed by atoms with E-state index in [9.17, 15) is 0 Å². The normalized spacial score (nSPS) is 6.00. The van der Waals surface area contributed by atoms with E-state index in [2.05, 4.69) is 0 Å². The van der Waals surface area contributed by atoms with E-state index in [1.165, 1.54) is 0 Å². The summed E-state index contributed by atoms with van der Waals surface area (Å²) in [5.41, 5.74) is 9.81. The molecule has 0 aliphatic rings. The molecule has 0 aliphatic heterocycles. The summed E-state index contributed by atoms with van der Waals surface area (Å²) >= 11 is 0. The molecule has 0 aromatic carbocycles. The molecule has 0 heterocycles. The molecule has 0 amide bonds. The number of nitrogens with two attached hydrogens (primary N) is 2. The summed E-state index contributed by atoms with van der Waals surface area (Å²) in [6, 6.07) is 0. The van der Waals surface area contributed by atoms with Crippen LogP contribution >= 0.6 is 0 Å². The summed E-state index contributed by atoms with van der Waals surface area (Å²) in [5.74, 6) is 0. The van der Waals surface area contributed by atoms with Crippen molar-refractivity contribution in [2.75, 3.05) is 13.1 Å². The molecule has 0 aliphatic carbocycles. The van der Waals surface area contributed by atoms with Gasteiger partial charge in [-0.25, -0.2) is 0 Å². The average molecular weight is 293 g/mol. The predicted octanol–water partition coefficient (Wildman–Crippen LogP) is -1.79. The topological polar surface area (TPSA) is 179 Å². The molecule has 0 bridgehead atoms. The molecule has 0 radical (unpaired) electrons. The van der Waals surface area contributed by atoms with Gasteiger partial charge in [-0.3, -0.25) is 0 Å². The van der Waals surface area contributed by atoms with Crippen LogP contribution in [0.25, 0.3) is 0 Å². The molecule has 0 fully saturated rings. The van der Waals surface area contributed by atoms with Crippen molar-refractivity contribution in [1.29, 1.82) is 0 Å². The number of nitrogens with zero attached hydrogens (tertiary/aromatic N) is 2. The van der Waals surface area contributed by atoms with Gasteiger partial charge in [-0.05, 0) is 0 Å². The Balaban J connectivity index is -0.0000000450. The van der Waals surface area contributed by atoms with Gasteiger partial charge in [0.1, 0.15) is 0 Å². The first-order chi connectivity index (χ1) is 5.38. The van der Waals surface area contributed by atoms with Crippen molar-refractivity contribution in [3.63, 3.8) is 0 Å². The second-order valence-corrected chi connectivity index (χ2v) is 1.05. The first-order valence-electron chi connectivity index (χ1n) is 2.45. The van der Waals surface area contributed by atoms with E-state index in [0.29, 0.717) is 13.1 Å². The molecular weight excluding hydrogens is 282 g/mol. The Labute approximate surface area is 86.4 Å². The molecule has 10 nitrogen and oxygen atoms in total. The fourth-order valence-electron chi connectivity index (χ4n) is 0. The summed E-state index contributed by atoms with van der Waals surface area (Å²) in [6.07, 6.45) is 0. The fourth-order valence-corrected chi connectivity index (χ4v) is 0. The van der Waals surface area contributed by atoms with E-state index in [1.807, 2.05) is 0 Å². The Bertz CT molecular complexity index is 99.2. The molecule has 82 valence electrons. The maximum Gasteiger partial charge on any atom is 2.00 e. The average Bonchev–Trinajstić information content (AvgIpc) is 1.85. The van der Waals surface area contributed by atoms with Crippen molar-refractivity contribution in [2.45, 2.75) is 0 Å². The van der Waals surface area contributed by atoms with Gasteiger partial charge in [-0.2, -0.15) is 0 Å². The number of rotatable bonds is 1. The fraction of sp³-hybridized carbons (Fsp3) is 1.00. The molecule has 0 aromatic rings. The molecule has 0 saturated heterocycles. The van der Waals surface area contributed by atoms with Crippen LogP contribution in [0.5, 0.6) is 0 Å². The first kappa shape index (κ1) is 22.7. The first-order valence-corrected chi connectivity index (χ1v) is 2.45. The van der Waals surface area contributed by atoms with E-state index in [-0.39, 0.29) is 20.4 Å². The number of hydrogen-bond donors (Lipinski definition) is 4. The Kier molecular flexibility index (Phi) is 39.2. The summed E-state index contributed by atoms with van der Waals surface area (Å²) in [6.45, 7) is 1.19. The van der Waals surface area contributed by atoms with Gasteiger partial charge in [0.15, 0.2) is 0 Å². The third-order valence-corrected chi connectivity index (χ3v) is 0.167. The zero-order valence-corrected chi connectivity index (χ0v) is 7.86. The van der Waals surface area contributed by atoms with Crippen molar-refractivity contribution < 1.29 is 41.0 Å². The maximum absolute atomic E-state index is 8.36. The van der Waals surface area contributed by atoms with Crippen molar-refractivity contribution in [1.82, 2.24) is 0 Å². The van der Waals surface area contributed by atoms with Gasteiger partial charge in [0, 0.05) is 13.1 Å². The monoisotopic (exact) mass is 292 g/mol. The van der Waals surface area contributed by atoms with E-state index < -0.39 is 10.2 Å². The second-order valence-electron chi connectivity index (χ2n) is 1.05. The van der Waals surface area contributed by atoms with Crippen LogP contribution in [0.2, 0.25) is 0 Å². The van der Waals surface area contributed by atoms with Gasteiger partial charge >= 0.3 is 20.4 Å². The Morgan fingerprint density at radius 3 is 1.08 bits per heavy atom. The molecule has 13 heavy (non-hydrogen) atoms. The zero-order chi connectivity index (χ0) is 10.6. The molecule has 0 spiro atoms. The minimum Gasteiger partial charge on any atom is -0.329 e. The molecule has 11 heteroatoms. The Morgan fingerprint density at radius 2 is 1.08 bits per heavy atom. The van der Waals surface area contributed by atoms with E-state index in [0.717, 1.165) is 0 Å². The SMILES string of the molecule is NCCN.O=[N+]([O-])O.O=[N+]([O-])O.[Pd+2]. The third kappa shape index (κ3) is 2840000. The van der Waals surface area contributed by atoms with Crippen LogP contribution < -0.4 is 11.5 Å². The summed E-state index contributed by atoms with van der Waals surface area (Å²) in [5, 5.41) is 27.3. The van der Waals surface area contributed by atoms with Crippen LogP contribution in [-0.2, 0) is 20.4 Å². The second kappa shape index (κ2) is 22.4. The summed E-state index contributed by atoms with van der Waals surface area (Å²) in [7, 11) is 0. The van der Waals surface area contributed by atoms with Crippen molar-refractivity contribution in [3.05, 3.63) is 20.2 Å². The summed E-state index contributed by atoms with van der Waals surface area (Å²) in [4.78, 5) is 16.7. The predicted molar refractivity (Wildman–Crippen MR) is 35.7 cm³/mol. The molecule has 0 rings (SSSR count). The van der Waals surface area contributed by atoms with Crippen LogP contribution in [0.1, 0.15) is 0 Å². The largest absolute Gasteiger partial charge is 2.00 e. The van der Waals surface area contributed by atoms with Crippen LogP contribution in [0.3, 0.4) is 0 Å². The number of hydrogen-bond acceptors (Lipinski definition) is 6. The van der Waals surface area contributed by atoms with Gasteiger partial charge in [0.05, 0.1) is 0 Å². The molecule has 6 N–H and O–H groups in total. The minimum atomic E-state index is -1.50. The molecule has 0 saturated carbocycles. The van der Waals surface area contributed by atoms with Crippen molar-refractivity contribution in [3.8, 4) is 0 Å². The van der Waals surface area contributed by atoms with Gasteiger partial charge in [0.25, 0.3) is 10.2 Å². The summed E-state index contributed by atoms with van der Waals surface area (Å²) < 4.78 is 0. The van der Waals surface area contributed by atoms with Crippen LogP contribution in [0, 0.1) is 20.2 Å². The van der Waals surface area contributed by atoms with Gasteiger partial charge in [0.2, 0.25) is 0 Å². The Hall–Kier alpha value is -1.02. The van der Waals surface area contributed by atoms with Crippen LogP contribution in [0.4, 0.5) is 0 Å². The molecule has 0 unspecified atom stereocenters. The molecule has 0 atom stereocenters. The van der Waals surface area contributed by atoms with Crippen LogP contribution in [-0.4, -0.2) is 33.7 Å². The van der Waals surface area contributed by atoms with Crippen LogP contribution in [0.15, 0.2) is 0 Å². The molecular formula is C2H10N4O6Pd+2. The minimum absolute atomic E-state index is 0. The standard InChI is InChI=1S/C2H8N2.2HNO3.Pd/c3-1-2-4;2*2-1(3)4;/h1-4H2;2*(H,2,3,4);/q;;;+2. The quantitative estimate of drug-likeness (QED) is 0.248.